The zero-order valence-corrected chi connectivity index (χ0v) is 39.2. The van der Waals surface area contributed by atoms with E-state index in [0.717, 1.165) is 17.1 Å². The molecule has 326 valence electrons. The summed E-state index contributed by atoms with van der Waals surface area (Å²) in [5.74, 6) is 0. The maximum Gasteiger partial charge on any atom is 0.0726 e. The predicted molar refractivity (Wildman–Crippen MR) is 286 cm³/mol. The van der Waals surface area contributed by atoms with Gasteiger partial charge in [0, 0.05) is 17.1 Å². The van der Waals surface area contributed by atoms with E-state index in [9.17, 15) is 0 Å². The molecule has 0 heterocycles. The highest BCUT2D eigenvalue weighted by Crippen LogP contribution is 2.63. The van der Waals surface area contributed by atoms with Crippen molar-refractivity contribution in [3.63, 3.8) is 0 Å². The Morgan fingerprint density at radius 3 is 1.22 bits per heavy atom. The number of rotatable bonds is 8. The van der Waals surface area contributed by atoms with Crippen molar-refractivity contribution in [3.05, 3.63) is 305 Å². The maximum atomic E-state index is 4.55. The minimum absolute atomic E-state index is 0.0842. The number of anilines is 2. The lowest BCUT2D eigenvalue weighted by Gasteiger charge is -2.35. The highest BCUT2D eigenvalue weighted by molar-refractivity contribution is 5.96. The fourth-order valence-corrected chi connectivity index (χ4v) is 12.0. The van der Waals surface area contributed by atoms with Crippen LogP contribution in [0.4, 0.5) is 11.4 Å². The van der Waals surface area contributed by atoms with Crippen molar-refractivity contribution in [2.75, 3.05) is 4.90 Å². The molecule has 1 nitrogen and oxygen atoms in total. The molecule has 0 aromatic heterocycles. The Morgan fingerprint density at radius 1 is 0.412 bits per heavy atom. The second kappa shape index (κ2) is 15.8. The van der Waals surface area contributed by atoms with Gasteiger partial charge in [0.05, 0.1) is 10.8 Å². The number of hydrogen-bond donors (Lipinski definition) is 0. The summed E-state index contributed by atoms with van der Waals surface area (Å²) in [5, 5.41) is 0. The first-order chi connectivity index (χ1) is 33.2. The molecule has 0 N–H and O–H groups in total. The van der Waals surface area contributed by atoms with Crippen molar-refractivity contribution in [2.45, 2.75) is 43.9 Å². The molecule has 3 aliphatic carbocycles. The third kappa shape index (κ3) is 6.01. The van der Waals surface area contributed by atoms with Gasteiger partial charge in [-0.1, -0.05) is 228 Å². The summed E-state index contributed by atoms with van der Waals surface area (Å²) in [6.45, 7) is 13.6. The van der Waals surface area contributed by atoms with Crippen LogP contribution in [0.2, 0.25) is 0 Å². The Labute approximate surface area is 401 Å². The molecule has 0 amide bonds. The maximum absolute atomic E-state index is 4.55. The van der Waals surface area contributed by atoms with Gasteiger partial charge in [-0.2, -0.15) is 0 Å². The van der Waals surface area contributed by atoms with E-state index in [1.165, 1.54) is 94.6 Å². The molecule has 0 saturated heterocycles. The van der Waals surface area contributed by atoms with E-state index < -0.39 is 10.8 Å². The Bertz CT molecular complexity index is 3300. The highest BCUT2D eigenvalue weighted by Gasteiger charge is 2.52. The van der Waals surface area contributed by atoms with Crippen LogP contribution < -0.4 is 4.90 Å². The molecule has 1 spiro atoms. The fourth-order valence-electron chi connectivity index (χ4n) is 12.0. The van der Waals surface area contributed by atoms with Crippen LogP contribution in [-0.2, 0) is 16.2 Å². The SMILES string of the molecule is C=C/C(=C\C=C(/C)c1ccc(C(C)(C)C)cc1)N(c1ccc2c(c1)C(c1ccccc1)(c1ccccc1)c1ccccc1-2)c1ccc2c(c1)C1(c3ccccc3-c3ccccc31)c1ccccc1-2. The molecule has 0 bridgehead atoms. The van der Waals surface area contributed by atoms with Crippen molar-refractivity contribution in [3.8, 4) is 33.4 Å². The standard InChI is InChI=1S/C67H53N/c1-6-50(38-33-45(2)46-34-36-47(37-35-46)65(3,4)5)68(51-39-41-57-55-27-13-17-29-59(55)66(63(57)43-51,48-21-9-7-10-22-48)49-23-11-8-12-24-49)52-40-42-58-56-28-16-20-32-62(56)67(64(58)44-52)60-30-18-14-25-53(60)54-26-15-19-31-61(54)67/h6-44H,1H2,2-5H3/b45-33+,50-38+. The Hall–Kier alpha value is -8.00. The van der Waals surface area contributed by atoms with Crippen LogP contribution in [0.1, 0.15) is 83.3 Å². The van der Waals surface area contributed by atoms with Gasteiger partial charge in [-0.15, -0.1) is 0 Å². The van der Waals surface area contributed by atoms with E-state index in [4.69, 9.17) is 0 Å². The molecule has 0 radical (unpaired) electrons. The summed E-state index contributed by atoms with van der Waals surface area (Å²) in [6, 6.07) is 81.7. The molecule has 68 heavy (non-hydrogen) atoms. The predicted octanol–water partition coefficient (Wildman–Crippen LogP) is 17.0. The third-order valence-corrected chi connectivity index (χ3v) is 15.1. The van der Waals surface area contributed by atoms with Gasteiger partial charge < -0.3 is 4.90 Å². The van der Waals surface area contributed by atoms with Crippen molar-refractivity contribution < 1.29 is 0 Å². The Balaban J connectivity index is 1.11. The fraction of sp³-hybridized carbons (Fsp3) is 0.104. The number of fused-ring (bicyclic) bond motifs is 13. The zero-order valence-electron chi connectivity index (χ0n) is 39.2. The van der Waals surface area contributed by atoms with Gasteiger partial charge in [0.15, 0.2) is 0 Å². The third-order valence-electron chi connectivity index (χ3n) is 15.1. The molecule has 9 aromatic rings. The van der Waals surface area contributed by atoms with Crippen LogP contribution in [0.3, 0.4) is 0 Å². The van der Waals surface area contributed by atoms with Crippen molar-refractivity contribution >= 4 is 16.9 Å². The van der Waals surface area contributed by atoms with Gasteiger partial charge in [0.25, 0.3) is 0 Å². The number of benzene rings is 9. The molecule has 12 rings (SSSR count). The van der Waals surface area contributed by atoms with E-state index in [1.54, 1.807) is 0 Å². The van der Waals surface area contributed by atoms with Crippen molar-refractivity contribution in [1.82, 2.24) is 0 Å². The lowest BCUT2D eigenvalue weighted by Crippen LogP contribution is -2.29. The van der Waals surface area contributed by atoms with Gasteiger partial charge in [-0.05, 0) is 143 Å². The molecular formula is C67H53N. The first-order valence-corrected chi connectivity index (χ1v) is 24.0. The van der Waals surface area contributed by atoms with Crippen LogP contribution in [0.15, 0.2) is 249 Å². The van der Waals surface area contributed by atoms with Crippen molar-refractivity contribution in [1.29, 1.82) is 0 Å². The van der Waals surface area contributed by atoms with Crippen LogP contribution in [0, 0.1) is 0 Å². The van der Waals surface area contributed by atoms with E-state index in [0.29, 0.717) is 0 Å². The molecule has 0 saturated carbocycles. The molecule has 0 unspecified atom stereocenters. The first-order valence-electron chi connectivity index (χ1n) is 24.0. The normalized spacial score (nSPS) is 14.6. The summed E-state index contributed by atoms with van der Waals surface area (Å²) in [4.78, 5) is 2.44. The summed E-state index contributed by atoms with van der Waals surface area (Å²) in [5.41, 5.74) is 23.9. The van der Waals surface area contributed by atoms with Crippen LogP contribution in [-0.4, -0.2) is 0 Å². The van der Waals surface area contributed by atoms with E-state index in [1.807, 2.05) is 6.08 Å². The van der Waals surface area contributed by atoms with Gasteiger partial charge in [-0.3, -0.25) is 0 Å². The smallest absolute Gasteiger partial charge is 0.0726 e. The number of hydrogen-bond acceptors (Lipinski definition) is 1. The van der Waals surface area contributed by atoms with E-state index >= 15 is 0 Å². The molecule has 0 atom stereocenters. The average Bonchev–Trinajstić information content (AvgIpc) is 3.97. The molecule has 1 heteroatoms. The molecule has 3 aliphatic rings. The van der Waals surface area contributed by atoms with Crippen LogP contribution in [0.5, 0.6) is 0 Å². The topological polar surface area (TPSA) is 3.24 Å². The van der Waals surface area contributed by atoms with Gasteiger partial charge >= 0.3 is 0 Å². The van der Waals surface area contributed by atoms with Crippen LogP contribution in [0.25, 0.3) is 39.0 Å². The number of allylic oxidation sites excluding steroid dienone is 4. The summed E-state index contributed by atoms with van der Waals surface area (Å²) in [6.07, 6.45) is 6.53. The largest absolute Gasteiger partial charge is 0.311 e. The minimum Gasteiger partial charge on any atom is -0.311 e. The second-order valence-electron chi connectivity index (χ2n) is 19.7. The van der Waals surface area contributed by atoms with E-state index in [2.05, 4.69) is 270 Å². The average molecular weight is 872 g/mol. The summed E-state index contributed by atoms with van der Waals surface area (Å²) >= 11 is 0. The molecule has 0 aliphatic heterocycles. The highest BCUT2D eigenvalue weighted by atomic mass is 15.1. The molecule has 9 aromatic carbocycles. The monoisotopic (exact) mass is 871 g/mol. The van der Waals surface area contributed by atoms with Gasteiger partial charge in [0.1, 0.15) is 0 Å². The summed E-state index contributed by atoms with van der Waals surface area (Å²) < 4.78 is 0. The van der Waals surface area contributed by atoms with Gasteiger partial charge in [0.2, 0.25) is 0 Å². The Morgan fingerprint density at radius 2 is 0.794 bits per heavy atom. The van der Waals surface area contributed by atoms with Crippen molar-refractivity contribution in [2.24, 2.45) is 0 Å². The zero-order chi connectivity index (χ0) is 46.2. The minimum atomic E-state index is -0.551. The van der Waals surface area contributed by atoms with E-state index in [-0.39, 0.29) is 5.41 Å². The first kappa shape index (κ1) is 41.4. The quantitative estimate of drug-likeness (QED) is 0.138. The Kier molecular flexibility index (Phi) is 9.64. The lowest BCUT2D eigenvalue weighted by atomic mass is 9.67. The summed E-state index contributed by atoms with van der Waals surface area (Å²) in [7, 11) is 0. The molecule has 0 fully saturated rings. The van der Waals surface area contributed by atoms with Gasteiger partial charge in [-0.25, -0.2) is 0 Å². The van der Waals surface area contributed by atoms with Crippen LogP contribution >= 0.6 is 0 Å². The second-order valence-corrected chi connectivity index (χ2v) is 19.7. The number of nitrogens with zero attached hydrogens (tertiary/aromatic N) is 1. The lowest BCUT2D eigenvalue weighted by molar-refractivity contribution is 0.590. The molecular weight excluding hydrogens is 819 g/mol.